The number of thiol groups is 1. The summed E-state index contributed by atoms with van der Waals surface area (Å²) < 4.78 is 0. The molecule has 10 nitrogen and oxygen atoms in total. The van der Waals surface area contributed by atoms with E-state index in [1.165, 1.54) is 0 Å². The molecule has 4 unspecified atom stereocenters. The van der Waals surface area contributed by atoms with Crippen LogP contribution in [0.15, 0.2) is 0 Å². The number of amides is 3. The molecule has 180 valence electrons. The summed E-state index contributed by atoms with van der Waals surface area (Å²) in [7, 11) is 0. The van der Waals surface area contributed by atoms with Crippen LogP contribution >= 0.6 is 12.6 Å². The number of nitrogens with one attached hydrogen (secondary N) is 3. The van der Waals surface area contributed by atoms with Crippen LogP contribution in [0.3, 0.4) is 0 Å². The first-order chi connectivity index (χ1) is 14.4. The van der Waals surface area contributed by atoms with Crippen LogP contribution in [-0.2, 0) is 19.2 Å². The predicted molar refractivity (Wildman–Crippen MR) is 122 cm³/mol. The van der Waals surface area contributed by atoms with Crippen molar-refractivity contribution in [2.45, 2.75) is 77.5 Å². The van der Waals surface area contributed by atoms with Crippen molar-refractivity contribution in [1.29, 1.82) is 0 Å². The van der Waals surface area contributed by atoms with Gasteiger partial charge in [-0.15, -0.1) is 0 Å². The van der Waals surface area contributed by atoms with Crippen LogP contribution in [0.5, 0.6) is 0 Å². The quantitative estimate of drug-likeness (QED) is 0.128. The molecule has 4 atom stereocenters. The molecular formula is C20H39N5O5S. The predicted octanol–water partition coefficient (Wildman–Crippen LogP) is -0.386. The molecule has 0 rings (SSSR count). The maximum Gasteiger partial charge on any atom is 0.327 e. The Morgan fingerprint density at radius 2 is 1.48 bits per heavy atom. The first-order valence-electron chi connectivity index (χ1n) is 10.6. The average Bonchev–Trinajstić information content (AvgIpc) is 2.67. The monoisotopic (exact) mass is 461 g/mol. The van der Waals surface area contributed by atoms with Gasteiger partial charge in [0.15, 0.2) is 0 Å². The molecule has 8 N–H and O–H groups in total. The summed E-state index contributed by atoms with van der Waals surface area (Å²) in [5, 5.41) is 16.8. The molecule has 0 bridgehead atoms. The highest BCUT2D eigenvalue weighted by atomic mass is 32.1. The molecular weight excluding hydrogens is 422 g/mol. The lowest BCUT2D eigenvalue weighted by molar-refractivity contribution is -0.142. The van der Waals surface area contributed by atoms with Gasteiger partial charge in [0.1, 0.15) is 18.1 Å². The Kier molecular flexibility index (Phi) is 14.1. The summed E-state index contributed by atoms with van der Waals surface area (Å²) >= 11 is 3.93. The second-order valence-corrected chi connectivity index (χ2v) is 8.76. The maximum atomic E-state index is 12.9. The average molecular weight is 462 g/mol. The van der Waals surface area contributed by atoms with Gasteiger partial charge in [0.05, 0.1) is 6.04 Å². The Morgan fingerprint density at radius 3 is 1.94 bits per heavy atom. The van der Waals surface area contributed by atoms with Crippen molar-refractivity contribution in [2.75, 3.05) is 12.3 Å². The molecule has 0 aromatic rings. The van der Waals surface area contributed by atoms with E-state index in [-0.39, 0.29) is 17.6 Å². The van der Waals surface area contributed by atoms with Gasteiger partial charge >= 0.3 is 5.97 Å². The number of nitrogens with two attached hydrogens (primary N) is 2. The number of carboxylic acid groups (broad SMARTS) is 1. The molecule has 0 fully saturated rings. The summed E-state index contributed by atoms with van der Waals surface area (Å²) in [4.78, 5) is 49.1. The van der Waals surface area contributed by atoms with E-state index in [0.717, 1.165) is 0 Å². The maximum absolute atomic E-state index is 12.9. The Balaban J connectivity index is 5.33. The number of aliphatic carboxylic acids is 1. The summed E-state index contributed by atoms with van der Waals surface area (Å²) in [5.41, 5.74) is 11.5. The van der Waals surface area contributed by atoms with Crippen LogP contribution in [0.25, 0.3) is 0 Å². The van der Waals surface area contributed by atoms with E-state index in [4.69, 9.17) is 16.6 Å². The van der Waals surface area contributed by atoms with Gasteiger partial charge in [0.2, 0.25) is 17.7 Å². The normalized spacial score (nSPS) is 15.1. The van der Waals surface area contributed by atoms with Crippen LogP contribution in [0.2, 0.25) is 0 Å². The Hall–Kier alpha value is -1.85. The van der Waals surface area contributed by atoms with Crippen molar-refractivity contribution < 1.29 is 24.3 Å². The van der Waals surface area contributed by atoms with E-state index in [0.29, 0.717) is 32.2 Å². The van der Waals surface area contributed by atoms with Crippen molar-refractivity contribution in [1.82, 2.24) is 16.0 Å². The molecule has 0 aliphatic rings. The van der Waals surface area contributed by atoms with E-state index >= 15 is 0 Å². The molecule has 0 spiro atoms. The molecule has 0 saturated heterocycles. The minimum absolute atomic E-state index is 0.0919. The fourth-order valence-corrected chi connectivity index (χ4v) is 3.14. The van der Waals surface area contributed by atoms with Crippen molar-refractivity contribution in [3.8, 4) is 0 Å². The Labute approximate surface area is 190 Å². The lowest BCUT2D eigenvalue weighted by atomic mass is 10.0. The molecule has 31 heavy (non-hydrogen) atoms. The van der Waals surface area contributed by atoms with Crippen molar-refractivity contribution in [3.05, 3.63) is 0 Å². The van der Waals surface area contributed by atoms with Crippen LogP contribution in [0, 0.1) is 11.8 Å². The zero-order chi connectivity index (χ0) is 24.1. The smallest absolute Gasteiger partial charge is 0.327 e. The number of rotatable bonds is 15. The number of carbonyl (C=O) groups excluding carboxylic acids is 3. The van der Waals surface area contributed by atoms with Crippen molar-refractivity contribution in [3.63, 3.8) is 0 Å². The van der Waals surface area contributed by atoms with E-state index in [9.17, 15) is 19.2 Å². The van der Waals surface area contributed by atoms with Crippen LogP contribution < -0.4 is 27.4 Å². The minimum Gasteiger partial charge on any atom is -0.480 e. The number of carbonyl (C=O) groups is 4. The fourth-order valence-electron chi connectivity index (χ4n) is 2.89. The zero-order valence-electron chi connectivity index (χ0n) is 18.9. The van der Waals surface area contributed by atoms with Crippen LogP contribution in [0.4, 0.5) is 0 Å². The summed E-state index contributed by atoms with van der Waals surface area (Å²) in [6, 6.07) is -3.79. The Morgan fingerprint density at radius 1 is 0.903 bits per heavy atom. The molecule has 0 aliphatic heterocycles. The van der Waals surface area contributed by atoms with Crippen LogP contribution in [-0.4, -0.2) is 65.3 Å². The summed E-state index contributed by atoms with van der Waals surface area (Å²) in [5.74, 6) is -3.01. The number of hydrogen-bond donors (Lipinski definition) is 7. The Bertz CT molecular complexity index is 603. The lowest BCUT2D eigenvalue weighted by Gasteiger charge is -2.27. The minimum atomic E-state index is -1.22. The van der Waals surface area contributed by atoms with E-state index < -0.39 is 47.9 Å². The summed E-state index contributed by atoms with van der Waals surface area (Å²) in [6.07, 6.45) is 2.09. The SMILES string of the molecule is CC(C)CC(N)C(=O)NC(CCCCN)C(=O)NC(C(=O)NC(CS)C(=O)O)C(C)C. The fraction of sp³-hybridized carbons (Fsp3) is 0.800. The second-order valence-electron chi connectivity index (χ2n) is 8.39. The highest BCUT2D eigenvalue weighted by molar-refractivity contribution is 7.80. The number of unbranched alkanes of at least 4 members (excludes halogenated alkanes) is 1. The summed E-state index contributed by atoms with van der Waals surface area (Å²) in [6.45, 7) is 7.79. The van der Waals surface area contributed by atoms with E-state index in [1.807, 2.05) is 13.8 Å². The van der Waals surface area contributed by atoms with Gasteiger partial charge in [-0.1, -0.05) is 27.7 Å². The molecule has 0 heterocycles. The lowest BCUT2D eigenvalue weighted by Crippen LogP contribution is -2.58. The van der Waals surface area contributed by atoms with Gasteiger partial charge in [0, 0.05) is 5.75 Å². The van der Waals surface area contributed by atoms with Crippen molar-refractivity contribution in [2.24, 2.45) is 23.3 Å². The second kappa shape index (κ2) is 15.0. The topological polar surface area (TPSA) is 177 Å². The van der Waals surface area contributed by atoms with Gasteiger partial charge in [-0.3, -0.25) is 14.4 Å². The first-order valence-corrected chi connectivity index (χ1v) is 11.3. The third-order valence-corrected chi connectivity index (χ3v) is 5.05. The molecule has 0 aromatic carbocycles. The molecule has 0 aliphatic carbocycles. The number of hydrogen-bond acceptors (Lipinski definition) is 7. The molecule has 0 aromatic heterocycles. The van der Waals surface area contributed by atoms with Gasteiger partial charge in [-0.2, -0.15) is 12.6 Å². The molecule has 0 saturated carbocycles. The first kappa shape index (κ1) is 29.1. The highest BCUT2D eigenvalue weighted by Gasteiger charge is 2.31. The van der Waals surface area contributed by atoms with Crippen molar-refractivity contribution >= 4 is 36.3 Å². The van der Waals surface area contributed by atoms with E-state index in [2.05, 4.69) is 28.6 Å². The standard InChI is InChI=1S/C20H39N5O5S/c1-11(2)9-13(22)17(26)23-14(7-5-6-8-21)18(27)25-16(12(3)4)19(28)24-15(10-31)20(29)30/h11-16,31H,5-10,21-22H2,1-4H3,(H,23,26)(H,24,28)(H,25,27)(H,29,30). The molecule has 3 amide bonds. The zero-order valence-corrected chi connectivity index (χ0v) is 19.8. The van der Waals surface area contributed by atoms with Gasteiger partial charge < -0.3 is 32.5 Å². The van der Waals surface area contributed by atoms with E-state index in [1.54, 1.807) is 13.8 Å². The van der Waals surface area contributed by atoms with Crippen LogP contribution in [0.1, 0.15) is 53.4 Å². The highest BCUT2D eigenvalue weighted by Crippen LogP contribution is 2.08. The third-order valence-electron chi connectivity index (χ3n) is 4.69. The molecule has 11 heteroatoms. The number of carboxylic acids is 1. The van der Waals surface area contributed by atoms with Gasteiger partial charge in [0.25, 0.3) is 0 Å². The molecule has 0 radical (unpaired) electrons. The largest absolute Gasteiger partial charge is 0.480 e. The van der Waals surface area contributed by atoms with Gasteiger partial charge in [-0.25, -0.2) is 4.79 Å². The third kappa shape index (κ3) is 11.4. The van der Waals surface area contributed by atoms with Gasteiger partial charge in [-0.05, 0) is 44.1 Å².